The predicted molar refractivity (Wildman–Crippen MR) is 86.5 cm³/mol. The Bertz CT molecular complexity index is 460. The summed E-state index contributed by atoms with van der Waals surface area (Å²) in [7, 11) is 0. The molecule has 1 aromatic rings. The maximum absolute atomic E-state index is 5.48. The highest BCUT2D eigenvalue weighted by atomic mass is 16.5. The van der Waals surface area contributed by atoms with Crippen LogP contribution in [0.3, 0.4) is 0 Å². The third kappa shape index (κ3) is 3.34. The van der Waals surface area contributed by atoms with Gasteiger partial charge in [-0.2, -0.15) is 0 Å². The molecule has 0 aliphatic carbocycles. The molecular weight excluding hydrogens is 274 g/mol. The first-order chi connectivity index (χ1) is 10.9. The summed E-state index contributed by atoms with van der Waals surface area (Å²) in [4.78, 5) is 9.79. The number of pyridine rings is 1. The Morgan fingerprint density at radius 2 is 1.73 bits per heavy atom. The molecule has 22 heavy (non-hydrogen) atoms. The van der Waals surface area contributed by atoms with E-state index in [0.29, 0.717) is 0 Å². The molecule has 1 aromatic heterocycles. The summed E-state index contributed by atoms with van der Waals surface area (Å²) in [5, 5.41) is 0. The average Bonchev–Trinajstić information content (AvgIpc) is 3.07. The van der Waals surface area contributed by atoms with Crippen molar-refractivity contribution < 1.29 is 4.74 Å². The van der Waals surface area contributed by atoms with Crippen molar-refractivity contribution in [2.24, 2.45) is 17.8 Å². The summed E-state index contributed by atoms with van der Waals surface area (Å²) in [5.74, 6) is 2.63. The van der Waals surface area contributed by atoms with Gasteiger partial charge in [-0.1, -0.05) is 6.07 Å². The summed E-state index contributed by atoms with van der Waals surface area (Å²) in [5.41, 5.74) is 1.21. The first-order valence-corrected chi connectivity index (χ1v) is 8.79. The minimum atomic E-state index is 0.872. The zero-order valence-corrected chi connectivity index (χ0v) is 13.4. The standard InChI is InChI=1S/C18H27N3O/c1-2-6-19-18(3-1)14-21-12-16-10-20(11-17(16)13-21)9-15-4-7-22-8-5-15/h1-3,6,15-17H,4-5,7-14H2/t16-,17-/m0/s1. The van der Waals surface area contributed by atoms with Gasteiger partial charge in [0.1, 0.15) is 0 Å². The van der Waals surface area contributed by atoms with Crippen LogP contribution in [-0.2, 0) is 11.3 Å². The Kier molecular flexibility index (Phi) is 4.42. The van der Waals surface area contributed by atoms with Crippen LogP contribution in [-0.4, -0.2) is 60.7 Å². The first kappa shape index (κ1) is 14.6. The van der Waals surface area contributed by atoms with E-state index < -0.39 is 0 Å². The number of nitrogens with zero attached hydrogens (tertiary/aromatic N) is 3. The molecule has 4 heteroatoms. The summed E-state index contributed by atoms with van der Waals surface area (Å²) in [6.45, 7) is 9.40. The molecule has 0 saturated carbocycles. The van der Waals surface area contributed by atoms with Gasteiger partial charge in [0.15, 0.2) is 0 Å². The van der Waals surface area contributed by atoms with E-state index in [0.717, 1.165) is 37.5 Å². The third-order valence-corrected chi connectivity index (χ3v) is 5.61. The number of hydrogen-bond donors (Lipinski definition) is 0. The van der Waals surface area contributed by atoms with Gasteiger partial charge in [-0.25, -0.2) is 0 Å². The van der Waals surface area contributed by atoms with Crippen molar-refractivity contribution in [1.29, 1.82) is 0 Å². The first-order valence-electron chi connectivity index (χ1n) is 8.79. The maximum atomic E-state index is 5.48. The number of fused-ring (bicyclic) bond motifs is 1. The minimum absolute atomic E-state index is 0.872. The van der Waals surface area contributed by atoms with Crippen molar-refractivity contribution in [2.45, 2.75) is 19.4 Å². The normalized spacial score (nSPS) is 30.7. The summed E-state index contributed by atoms with van der Waals surface area (Å²) < 4.78 is 5.48. The van der Waals surface area contributed by atoms with Crippen molar-refractivity contribution in [3.63, 3.8) is 0 Å². The molecule has 0 spiro atoms. The molecule has 0 unspecified atom stereocenters. The van der Waals surface area contributed by atoms with Crippen LogP contribution >= 0.6 is 0 Å². The number of hydrogen-bond acceptors (Lipinski definition) is 4. The lowest BCUT2D eigenvalue weighted by Gasteiger charge is -2.28. The van der Waals surface area contributed by atoms with Crippen LogP contribution in [0.5, 0.6) is 0 Å². The van der Waals surface area contributed by atoms with Crippen LogP contribution in [0.4, 0.5) is 0 Å². The molecule has 0 N–H and O–H groups in total. The quantitative estimate of drug-likeness (QED) is 0.849. The van der Waals surface area contributed by atoms with Gasteiger partial charge in [-0.15, -0.1) is 0 Å². The van der Waals surface area contributed by atoms with Gasteiger partial charge in [0, 0.05) is 58.7 Å². The number of likely N-dealkylation sites (tertiary alicyclic amines) is 2. The molecule has 0 radical (unpaired) electrons. The zero-order valence-electron chi connectivity index (χ0n) is 13.4. The van der Waals surface area contributed by atoms with Gasteiger partial charge in [0.25, 0.3) is 0 Å². The molecule has 4 heterocycles. The fourth-order valence-electron chi connectivity index (χ4n) is 4.48. The smallest absolute Gasteiger partial charge is 0.0543 e. The zero-order chi connectivity index (χ0) is 14.8. The van der Waals surface area contributed by atoms with Crippen LogP contribution in [0.2, 0.25) is 0 Å². The summed E-state index contributed by atoms with van der Waals surface area (Å²) >= 11 is 0. The van der Waals surface area contributed by atoms with E-state index in [1.165, 1.54) is 51.3 Å². The van der Waals surface area contributed by atoms with Gasteiger partial charge in [0.05, 0.1) is 5.69 Å². The van der Waals surface area contributed by atoms with Crippen molar-refractivity contribution in [1.82, 2.24) is 14.8 Å². The van der Waals surface area contributed by atoms with E-state index in [2.05, 4.69) is 26.9 Å². The van der Waals surface area contributed by atoms with E-state index in [1.54, 1.807) is 0 Å². The van der Waals surface area contributed by atoms with Gasteiger partial charge < -0.3 is 9.64 Å². The highest BCUT2D eigenvalue weighted by Crippen LogP contribution is 2.32. The second-order valence-corrected chi connectivity index (χ2v) is 7.31. The highest BCUT2D eigenvalue weighted by Gasteiger charge is 2.40. The van der Waals surface area contributed by atoms with Gasteiger partial charge in [0.2, 0.25) is 0 Å². The molecule has 3 saturated heterocycles. The topological polar surface area (TPSA) is 28.6 Å². The predicted octanol–water partition coefficient (Wildman–Crippen LogP) is 1.87. The van der Waals surface area contributed by atoms with E-state index in [4.69, 9.17) is 4.74 Å². The Labute approximate surface area is 133 Å². The van der Waals surface area contributed by atoms with Crippen LogP contribution in [0, 0.1) is 17.8 Å². The molecule has 3 fully saturated rings. The second-order valence-electron chi connectivity index (χ2n) is 7.31. The maximum Gasteiger partial charge on any atom is 0.0543 e. The lowest BCUT2D eigenvalue weighted by molar-refractivity contribution is 0.0541. The molecular formula is C18H27N3O. The van der Waals surface area contributed by atoms with Crippen molar-refractivity contribution in [3.8, 4) is 0 Å². The fraction of sp³-hybridized carbons (Fsp3) is 0.722. The van der Waals surface area contributed by atoms with Crippen LogP contribution in [0.1, 0.15) is 18.5 Å². The van der Waals surface area contributed by atoms with Gasteiger partial charge in [-0.3, -0.25) is 9.88 Å². The second kappa shape index (κ2) is 6.65. The molecule has 2 atom stereocenters. The molecule has 3 aliphatic rings. The molecule has 0 bridgehead atoms. The van der Waals surface area contributed by atoms with Gasteiger partial charge >= 0.3 is 0 Å². The lowest BCUT2D eigenvalue weighted by atomic mass is 10.00. The number of ether oxygens (including phenoxy) is 1. The molecule has 3 aliphatic heterocycles. The number of aromatic nitrogens is 1. The van der Waals surface area contributed by atoms with E-state index in [-0.39, 0.29) is 0 Å². The van der Waals surface area contributed by atoms with E-state index >= 15 is 0 Å². The Balaban J connectivity index is 1.25. The SMILES string of the molecule is c1ccc(CN2C[C@@H]3CN(CC4CCOCC4)C[C@H]3C2)nc1. The summed E-state index contributed by atoms with van der Waals surface area (Å²) in [6.07, 6.45) is 4.43. The Morgan fingerprint density at radius 3 is 2.41 bits per heavy atom. The molecule has 4 rings (SSSR count). The van der Waals surface area contributed by atoms with Crippen LogP contribution in [0.15, 0.2) is 24.4 Å². The number of rotatable bonds is 4. The third-order valence-electron chi connectivity index (χ3n) is 5.61. The van der Waals surface area contributed by atoms with Crippen molar-refractivity contribution >= 4 is 0 Å². The highest BCUT2D eigenvalue weighted by molar-refractivity contribution is 5.04. The monoisotopic (exact) mass is 301 g/mol. The van der Waals surface area contributed by atoms with E-state index in [9.17, 15) is 0 Å². The lowest BCUT2D eigenvalue weighted by Crippen LogP contribution is -2.34. The Morgan fingerprint density at radius 1 is 1.00 bits per heavy atom. The fourth-order valence-corrected chi connectivity index (χ4v) is 4.48. The minimum Gasteiger partial charge on any atom is -0.381 e. The Hall–Kier alpha value is -0.970. The summed E-state index contributed by atoms with van der Waals surface area (Å²) in [6, 6.07) is 6.23. The molecule has 120 valence electrons. The largest absolute Gasteiger partial charge is 0.381 e. The molecule has 4 nitrogen and oxygen atoms in total. The van der Waals surface area contributed by atoms with E-state index in [1.807, 2.05) is 12.3 Å². The average molecular weight is 301 g/mol. The van der Waals surface area contributed by atoms with Crippen molar-refractivity contribution in [2.75, 3.05) is 45.9 Å². The molecule has 0 amide bonds. The van der Waals surface area contributed by atoms with Gasteiger partial charge in [-0.05, 0) is 42.7 Å². The van der Waals surface area contributed by atoms with Crippen molar-refractivity contribution in [3.05, 3.63) is 30.1 Å². The van der Waals surface area contributed by atoms with Crippen LogP contribution < -0.4 is 0 Å². The molecule has 0 aromatic carbocycles. The van der Waals surface area contributed by atoms with Crippen LogP contribution in [0.25, 0.3) is 0 Å².